The van der Waals surface area contributed by atoms with Gasteiger partial charge in [0.15, 0.2) is 0 Å². The van der Waals surface area contributed by atoms with E-state index in [1.807, 2.05) is 4.90 Å². The van der Waals surface area contributed by atoms with E-state index in [9.17, 15) is 4.79 Å². The summed E-state index contributed by atoms with van der Waals surface area (Å²) in [5, 5.41) is 0. The van der Waals surface area contributed by atoms with Gasteiger partial charge in [-0.05, 0) is 36.5 Å². The first-order valence-corrected chi connectivity index (χ1v) is 7.97. The Hall–Kier alpha value is -1.22. The zero-order chi connectivity index (χ0) is 13.9. The van der Waals surface area contributed by atoms with E-state index in [0.29, 0.717) is 24.8 Å². The number of halogens is 1. The van der Waals surface area contributed by atoms with Crippen molar-refractivity contribution in [1.82, 2.24) is 4.90 Å². The Bertz CT molecular complexity index is 468. The van der Waals surface area contributed by atoms with Gasteiger partial charge in [-0.2, -0.15) is 0 Å². The number of carbonyl (C=O) groups excluding carboxylic acids is 1. The minimum absolute atomic E-state index is 0.235. The molecule has 0 radical (unpaired) electrons. The number of hydrogen-bond donors (Lipinski definition) is 0. The normalized spacial score (nSPS) is 22.9. The maximum atomic E-state index is 11.9. The van der Waals surface area contributed by atoms with Gasteiger partial charge in [-0.25, -0.2) is 0 Å². The van der Waals surface area contributed by atoms with Crippen molar-refractivity contribution in [2.45, 2.75) is 25.8 Å². The number of likely N-dealkylation sites (tertiary alicyclic amines) is 1. The largest absolute Gasteiger partial charge is 0.372 e. The smallest absolute Gasteiger partial charge is 0.223 e. The topological polar surface area (TPSA) is 23.6 Å². The fraction of sp³-hybridized carbons (Fsp3) is 0.562. The predicted molar refractivity (Wildman–Crippen MR) is 82.1 cm³/mol. The predicted octanol–water partition coefficient (Wildman–Crippen LogP) is 2.87. The minimum atomic E-state index is 0.235. The molecule has 0 bridgehead atoms. The highest BCUT2D eigenvalue weighted by Gasteiger charge is 2.28. The third-order valence-corrected chi connectivity index (χ3v) is 4.73. The molecule has 20 heavy (non-hydrogen) atoms. The van der Waals surface area contributed by atoms with Crippen LogP contribution in [-0.2, 0) is 11.3 Å². The van der Waals surface area contributed by atoms with Crippen LogP contribution < -0.4 is 4.90 Å². The number of anilines is 1. The molecule has 2 saturated heterocycles. The summed E-state index contributed by atoms with van der Waals surface area (Å²) in [4.78, 5) is 16.2. The molecule has 2 aliphatic rings. The number of alkyl halides is 1. The third-order valence-electron chi connectivity index (χ3n) is 4.29. The van der Waals surface area contributed by atoms with E-state index in [2.05, 4.69) is 29.2 Å². The van der Waals surface area contributed by atoms with Gasteiger partial charge < -0.3 is 9.80 Å². The fourth-order valence-electron chi connectivity index (χ4n) is 3.12. The zero-order valence-corrected chi connectivity index (χ0v) is 12.5. The number of carbonyl (C=O) groups is 1. The van der Waals surface area contributed by atoms with Crippen LogP contribution in [0.25, 0.3) is 0 Å². The SMILES string of the molecule is O=C1CC(CCl)CN1Cc1ccc(N2CCCC2)cc1. The van der Waals surface area contributed by atoms with Crippen molar-refractivity contribution < 1.29 is 4.79 Å². The Kier molecular flexibility index (Phi) is 4.16. The molecular weight excluding hydrogens is 272 g/mol. The Labute approximate surface area is 125 Å². The minimum Gasteiger partial charge on any atom is -0.372 e. The lowest BCUT2D eigenvalue weighted by Gasteiger charge is -2.19. The molecular formula is C16H21ClN2O. The van der Waals surface area contributed by atoms with Crippen molar-refractivity contribution in [2.75, 3.05) is 30.4 Å². The lowest BCUT2D eigenvalue weighted by Crippen LogP contribution is -2.24. The maximum Gasteiger partial charge on any atom is 0.223 e. The first-order valence-electron chi connectivity index (χ1n) is 7.44. The lowest BCUT2D eigenvalue weighted by atomic mass is 10.1. The highest BCUT2D eigenvalue weighted by molar-refractivity contribution is 6.18. The Morgan fingerprint density at radius 1 is 1.15 bits per heavy atom. The van der Waals surface area contributed by atoms with Crippen LogP contribution in [0.2, 0.25) is 0 Å². The summed E-state index contributed by atoms with van der Waals surface area (Å²) in [6, 6.07) is 8.66. The second kappa shape index (κ2) is 6.04. The van der Waals surface area contributed by atoms with Crippen molar-refractivity contribution in [3.63, 3.8) is 0 Å². The van der Waals surface area contributed by atoms with Crippen molar-refractivity contribution in [3.8, 4) is 0 Å². The van der Waals surface area contributed by atoms with E-state index in [0.717, 1.165) is 6.54 Å². The summed E-state index contributed by atoms with van der Waals surface area (Å²) < 4.78 is 0. The van der Waals surface area contributed by atoms with Crippen molar-refractivity contribution in [1.29, 1.82) is 0 Å². The van der Waals surface area contributed by atoms with Crippen LogP contribution in [0, 0.1) is 5.92 Å². The van der Waals surface area contributed by atoms with Gasteiger partial charge in [0.25, 0.3) is 0 Å². The highest BCUT2D eigenvalue weighted by atomic mass is 35.5. The molecule has 2 aliphatic heterocycles. The van der Waals surface area contributed by atoms with Crippen molar-refractivity contribution in [3.05, 3.63) is 29.8 Å². The molecule has 0 saturated carbocycles. The van der Waals surface area contributed by atoms with E-state index < -0.39 is 0 Å². The van der Waals surface area contributed by atoms with E-state index in [4.69, 9.17) is 11.6 Å². The molecule has 3 nitrogen and oxygen atoms in total. The van der Waals surface area contributed by atoms with Gasteiger partial charge in [0, 0.05) is 44.2 Å². The average molecular weight is 293 g/mol. The molecule has 3 rings (SSSR count). The van der Waals surface area contributed by atoms with Crippen LogP contribution in [0.4, 0.5) is 5.69 Å². The van der Waals surface area contributed by atoms with Crippen LogP contribution in [0.15, 0.2) is 24.3 Å². The molecule has 1 unspecified atom stereocenters. The fourth-order valence-corrected chi connectivity index (χ4v) is 3.32. The monoisotopic (exact) mass is 292 g/mol. The number of rotatable bonds is 4. The molecule has 1 aromatic rings. The standard InChI is InChI=1S/C16H21ClN2O/c17-10-14-9-16(20)19(12-14)11-13-3-5-15(6-4-13)18-7-1-2-8-18/h3-6,14H,1-2,7-12H2. The Balaban J connectivity index is 1.62. The van der Waals surface area contributed by atoms with Gasteiger partial charge in [-0.15, -0.1) is 11.6 Å². The molecule has 2 fully saturated rings. The molecule has 2 heterocycles. The molecule has 0 aromatic heterocycles. The van der Waals surface area contributed by atoms with Gasteiger partial charge in [0.1, 0.15) is 0 Å². The maximum absolute atomic E-state index is 11.9. The molecule has 0 N–H and O–H groups in total. The summed E-state index contributed by atoms with van der Waals surface area (Å²) in [6.45, 7) is 3.85. The van der Waals surface area contributed by atoms with Gasteiger partial charge in [0.05, 0.1) is 0 Å². The molecule has 1 atom stereocenters. The Morgan fingerprint density at radius 3 is 2.45 bits per heavy atom. The number of nitrogens with zero attached hydrogens (tertiary/aromatic N) is 2. The van der Waals surface area contributed by atoms with Crippen LogP contribution >= 0.6 is 11.6 Å². The summed E-state index contributed by atoms with van der Waals surface area (Å²) >= 11 is 5.85. The molecule has 0 aliphatic carbocycles. The average Bonchev–Trinajstić information content (AvgIpc) is 3.10. The second-order valence-electron chi connectivity index (χ2n) is 5.86. The van der Waals surface area contributed by atoms with E-state index in [-0.39, 0.29) is 5.91 Å². The van der Waals surface area contributed by atoms with Crippen LogP contribution in [0.5, 0.6) is 0 Å². The first kappa shape index (κ1) is 13.7. The van der Waals surface area contributed by atoms with Gasteiger partial charge in [-0.1, -0.05) is 12.1 Å². The lowest BCUT2D eigenvalue weighted by molar-refractivity contribution is -0.128. The Morgan fingerprint density at radius 2 is 1.85 bits per heavy atom. The van der Waals surface area contributed by atoms with E-state index >= 15 is 0 Å². The zero-order valence-electron chi connectivity index (χ0n) is 11.7. The van der Waals surface area contributed by atoms with Crippen LogP contribution in [0.1, 0.15) is 24.8 Å². The van der Waals surface area contributed by atoms with Crippen molar-refractivity contribution in [2.24, 2.45) is 5.92 Å². The number of amides is 1. The summed E-state index contributed by atoms with van der Waals surface area (Å²) in [7, 11) is 0. The molecule has 108 valence electrons. The molecule has 4 heteroatoms. The number of hydrogen-bond acceptors (Lipinski definition) is 2. The summed E-state index contributed by atoms with van der Waals surface area (Å²) in [5.74, 6) is 1.14. The van der Waals surface area contributed by atoms with Gasteiger partial charge >= 0.3 is 0 Å². The number of benzene rings is 1. The highest BCUT2D eigenvalue weighted by Crippen LogP contribution is 2.23. The van der Waals surface area contributed by atoms with E-state index in [1.165, 1.54) is 37.2 Å². The van der Waals surface area contributed by atoms with E-state index in [1.54, 1.807) is 0 Å². The quantitative estimate of drug-likeness (QED) is 0.797. The summed E-state index contributed by atoms with van der Waals surface area (Å²) in [5.41, 5.74) is 2.51. The second-order valence-corrected chi connectivity index (χ2v) is 6.17. The van der Waals surface area contributed by atoms with Crippen molar-refractivity contribution >= 4 is 23.2 Å². The van der Waals surface area contributed by atoms with Crippen LogP contribution in [0.3, 0.4) is 0 Å². The molecule has 0 spiro atoms. The first-order chi connectivity index (χ1) is 9.76. The molecule has 1 aromatic carbocycles. The molecule has 1 amide bonds. The van der Waals surface area contributed by atoms with Crippen LogP contribution in [-0.4, -0.2) is 36.3 Å². The van der Waals surface area contributed by atoms with Gasteiger partial charge in [-0.3, -0.25) is 4.79 Å². The summed E-state index contributed by atoms with van der Waals surface area (Å²) in [6.07, 6.45) is 3.20. The third kappa shape index (κ3) is 2.93. The van der Waals surface area contributed by atoms with Gasteiger partial charge in [0.2, 0.25) is 5.91 Å².